The van der Waals surface area contributed by atoms with Crippen molar-refractivity contribution in [3.63, 3.8) is 0 Å². The number of carbonyl (C=O) groups excluding carboxylic acids is 1. The van der Waals surface area contributed by atoms with Crippen molar-refractivity contribution in [2.75, 3.05) is 6.54 Å². The zero-order valence-corrected chi connectivity index (χ0v) is 16.0. The molecule has 0 aromatic heterocycles. The molecule has 4 heteroatoms. The molecule has 29 heavy (non-hydrogen) atoms. The van der Waals surface area contributed by atoms with E-state index < -0.39 is 6.03 Å². The van der Waals surface area contributed by atoms with Crippen molar-refractivity contribution in [1.82, 2.24) is 5.32 Å². The summed E-state index contributed by atoms with van der Waals surface area (Å²) in [7, 11) is 0. The number of primary amides is 1. The third-order valence-corrected chi connectivity index (χ3v) is 5.75. The molecule has 5 rings (SSSR count). The maximum atomic E-state index is 11.1. The smallest absolute Gasteiger partial charge is 0.312 e. The van der Waals surface area contributed by atoms with E-state index in [4.69, 9.17) is 10.5 Å². The van der Waals surface area contributed by atoms with E-state index in [1.807, 2.05) is 0 Å². The minimum atomic E-state index is -0.478. The van der Waals surface area contributed by atoms with Gasteiger partial charge in [0.15, 0.2) is 0 Å². The van der Waals surface area contributed by atoms with Crippen molar-refractivity contribution in [2.45, 2.75) is 18.8 Å². The Labute approximate surface area is 169 Å². The van der Waals surface area contributed by atoms with Gasteiger partial charge in [0.05, 0.1) is 0 Å². The van der Waals surface area contributed by atoms with Crippen molar-refractivity contribution < 1.29 is 9.53 Å². The van der Waals surface area contributed by atoms with Gasteiger partial charge in [-0.2, -0.15) is 0 Å². The molecule has 0 bridgehead atoms. The molecule has 0 saturated carbocycles. The molecule has 0 atom stereocenters. The van der Waals surface area contributed by atoms with Crippen LogP contribution in [0.2, 0.25) is 0 Å². The SMILES string of the molecule is NC(=O)NCCCC1c2c(ccc3ccccc23)Oc2ccc3ccccc3c21. The van der Waals surface area contributed by atoms with Gasteiger partial charge in [0.25, 0.3) is 0 Å². The second kappa shape index (κ2) is 7.13. The number of benzene rings is 4. The molecular weight excluding hydrogens is 360 g/mol. The van der Waals surface area contributed by atoms with Crippen LogP contribution < -0.4 is 15.8 Å². The van der Waals surface area contributed by atoms with Crippen LogP contribution in [-0.4, -0.2) is 12.6 Å². The number of hydrogen-bond acceptors (Lipinski definition) is 2. The van der Waals surface area contributed by atoms with Crippen LogP contribution in [0.4, 0.5) is 4.79 Å². The normalized spacial score (nSPS) is 13.0. The third kappa shape index (κ3) is 3.07. The number of amides is 2. The monoisotopic (exact) mass is 382 g/mol. The first-order valence-corrected chi connectivity index (χ1v) is 9.97. The molecule has 0 aliphatic carbocycles. The highest BCUT2D eigenvalue weighted by Gasteiger charge is 2.30. The number of hydrogen-bond donors (Lipinski definition) is 2. The van der Waals surface area contributed by atoms with E-state index in [9.17, 15) is 4.79 Å². The molecule has 0 radical (unpaired) electrons. The summed E-state index contributed by atoms with van der Waals surface area (Å²) in [6, 6.07) is 24.8. The van der Waals surface area contributed by atoms with Crippen LogP contribution in [0.5, 0.6) is 11.5 Å². The number of nitrogens with one attached hydrogen (secondary N) is 1. The van der Waals surface area contributed by atoms with Crippen LogP contribution in [0.1, 0.15) is 29.9 Å². The average Bonchev–Trinajstić information content (AvgIpc) is 2.75. The highest BCUT2D eigenvalue weighted by molar-refractivity contribution is 5.94. The summed E-state index contributed by atoms with van der Waals surface area (Å²) in [5.41, 5.74) is 7.70. The molecule has 1 aliphatic rings. The number of urea groups is 1. The highest BCUT2D eigenvalue weighted by atomic mass is 16.5. The predicted octanol–water partition coefficient (Wildman–Crippen LogP) is 5.68. The average molecular weight is 382 g/mol. The van der Waals surface area contributed by atoms with Crippen LogP contribution >= 0.6 is 0 Å². The van der Waals surface area contributed by atoms with Gasteiger partial charge in [0, 0.05) is 23.6 Å². The van der Waals surface area contributed by atoms with Crippen molar-refractivity contribution in [2.24, 2.45) is 5.73 Å². The Bertz CT molecular complexity index is 1150. The number of nitrogens with two attached hydrogens (primary N) is 1. The van der Waals surface area contributed by atoms with E-state index >= 15 is 0 Å². The maximum absolute atomic E-state index is 11.1. The van der Waals surface area contributed by atoms with Gasteiger partial charge in [-0.15, -0.1) is 0 Å². The molecule has 1 aliphatic heterocycles. The standard InChI is InChI=1S/C25H22N2O2/c26-25(28)27-15-5-10-20-23-18-8-3-1-6-16(18)11-13-21(23)29-22-14-12-17-7-2-4-9-19(17)24(20)22/h1-4,6-9,11-14,20H,5,10,15H2,(H3,26,27,28). The first kappa shape index (κ1) is 17.6. The molecule has 0 saturated heterocycles. The van der Waals surface area contributed by atoms with Gasteiger partial charge < -0.3 is 15.8 Å². The lowest BCUT2D eigenvalue weighted by atomic mass is 9.80. The molecule has 0 fully saturated rings. The van der Waals surface area contributed by atoms with Crippen molar-refractivity contribution in [1.29, 1.82) is 0 Å². The van der Waals surface area contributed by atoms with Gasteiger partial charge in [0.2, 0.25) is 0 Å². The van der Waals surface area contributed by atoms with Crippen LogP contribution in [0.3, 0.4) is 0 Å². The summed E-state index contributed by atoms with van der Waals surface area (Å²) in [6.45, 7) is 0.562. The van der Waals surface area contributed by atoms with E-state index in [1.54, 1.807) is 0 Å². The minimum Gasteiger partial charge on any atom is -0.457 e. The van der Waals surface area contributed by atoms with Crippen LogP contribution in [0, 0.1) is 0 Å². The fourth-order valence-corrected chi connectivity index (χ4v) is 4.52. The van der Waals surface area contributed by atoms with Gasteiger partial charge in [-0.3, -0.25) is 0 Å². The predicted molar refractivity (Wildman–Crippen MR) is 117 cm³/mol. The summed E-state index contributed by atoms with van der Waals surface area (Å²) in [5, 5.41) is 7.57. The molecular formula is C25H22N2O2. The minimum absolute atomic E-state index is 0.181. The molecule has 0 unspecified atom stereocenters. The molecule has 3 N–H and O–H groups in total. The largest absolute Gasteiger partial charge is 0.457 e. The third-order valence-electron chi connectivity index (χ3n) is 5.75. The Hall–Kier alpha value is -3.53. The van der Waals surface area contributed by atoms with Crippen molar-refractivity contribution in [3.05, 3.63) is 83.9 Å². The van der Waals surface area contributed by atoms with E-state index in [1.165, 1.54) is 32.7 Å². The maximum Gasteiger partial charge on any atom is 0.312 e. The number of ether oxygens (including phenoxy) is 1. The highest BCUT2D eigenvalue weighted by Crippen LogP contribution is 2.51. The van der Waals surface area contributed by atoms with Gasteiger partial charge in [-0.1, -0.05) is 60.7 Å². The van der Waals surface area contributed by atoms with Crippen molar-refractivity contribution in [3.8, 4) is 11.5 Å². The van der Waals surface area contributed by atoms with E-state index in [0.29, 0.717) is 6.54 Å². The van der Waals surface area contributed by atoms with Crippen LogP contribution in [0.25, 0.3) is 21.5 Å². The number of fused-ring (bicyclic) bond motifs is 6. The second-order valence-corrected chi connectivity index (χ2v) is 7.48. The zero-order chi connectivity index (χ0) is 19.8. The fourth-order valence-electron chi connectivity index (χ4n) is 4.52. The summed E-state index contributed by atoms with van der Waals surface area (Å²) >= 11 is 0. The lowest BCUT2D eigenvalue weighted by Crippen LogP contribution is -2.30. The van der Waals surface area contributed by atoms with Gasteiger partial charge >= 0.3 is 6.03 Å². The summed E-state index contributed by atoms with van der Waals surface area (Å²) in [6.07, 6.45) is 1.73. The molecule has 4 aromatic rings. The summed E-state index contributed by atoms with van der Waals surface area (Å²) in [4.78, 5) is 11.1. The number of rotatable bonds is 4. The Balaban J connectivity index is 1.68. The molecule has 1 heterocycles. The lowest BCUT2D eigenvalue weighted by molar-refractivity contribution is 0.248. The summed E-state index contributed by atoms with van der Waals surface area (Å²) in [5.74, 6) is 2.01. The fraction of sp³-hybridized carbons (Fsp3) is 0.160. The Morgan fingerprint density at radius 3 is 1.93 bits per heavy atom. The van der Waals surface area contributed by atoms with E-state index in [2.05, 4.69) is 78.1 Å². The topological polar surface area (TPSA) is 64.4 Å². The number of carbonyl (C=O) groups is 1. The molecule has 4 nitrogen and oxygen atoms in total. The van der Waals surface area contributed by atoms with Gasteiger partial charge in [-0.25, -0.2) is 4.79 Å². The summed E-state index contributed by atoms with van der Waals surface area (Å²) < 4.78 is 6.38. The Morgan fingerprint density at radius 1 is 0.828 bits per heavy atom. The quantitative estimate of drug-likeness (QED) is 0.446. The van der Waals surface area contributed by atoms with E-state index in [0.717, 1.165) is 24.3 Å². The zero-order valence-electron chi connectivity index (χ0n) is 16.0. The second-order valence-electron chi connectivity index (χ2n) is 7.48. The van der Waals surface area contributed by atoms with Gasteiger partial charge in [0.1, 0.15) is 11.5 Å². The first-order valence-electron chi connectivity index (χ1n) is 9.97. The van der Waals surface area contributed by atoms with E-state index in [-0.39, 0.29) is 5.92 Å². The molecule has 0 spiro atoms. The Morgan fingerprint density at radius 2 is 1.38 bits per heavy atom. The molecule has 2 amide bonds. The van der Waals surface area contributed by atoms with Crippen molar-refractivity contribution >= 4 is 27.6 Å². The molecule has 144 valence electrons. The Kier molecular flexibility index (Phi) is 4.32. The molecule has 4 aromatic carbocycles. The lowest BCUT2D eigenvalue weighted by Gasteiger charge is -2.31. The van der Waals surface area contributed by atoms with Gasteiger partial charge in [-0.05, 0) is 46.5 Å². The van der Waals surface area contributed by atoms with Crippen LogP contribution in [-0.2, 0) is 0 Å². The first-order chi connectivity index (χ1) is 14.2. The van der Waals surface area contributed by atoms with Crippen LogP contribution in [0.15, 0.2) is 72.8 Å².